The second kappa shape index (κ2) is 12.8. The van der Waals surface area contributed by atoms with E-state index in [1.54, 1.807) is 43.5 Å². The molecule has 0 fully saturated rings. The van der Waals surface area contributed by atoms with E-state index >= 15 is 0 Å². The van der Waals surface area contributed by atoms with Crippen molar-refractivity contribution >= 4 is 11.7 Å². The van der Waals surface area contributed by atoms with Gasteiger partial charge in [0.25, 0.3) is 5.91 Å². The van der Waals surface area contributed by atoms with Crippen LogP contribution in [0, 0.1) is 5.41 Å². The molecule has 0 aliphatic carbocycles. The van der Waals surface area contributed by atoms with E-state index in [4.69, 9.17) is 31.1 Å². The molecule has 0 aliphatic heterocycles. The number of H-pyrrole nitrogens is 1. The van der Waals surface area contributed by atoms with Crippen molar-refractivity contribution in [2.45, 2.75) is 19.3 Å². The van der Waals surface area contributed by atoms with Crippen LogP contribution < -0.4 is 26.6 Å². The third-order valence-electron chi connectivity index (χ3n) is 6.28. The van der Waals surface area contributed by atoms with Crippen molar-refractivity contribution in [3.8, 4) is 17.2 Å². The van der Waals surface area contributed by atoms with E-state index in [-0.39, 0.29) is 17.1 Å². The highest BCUT2D eigenvalue weighted by Crippen LogP contribution is 2.34. The van der Waals surface area contributed by atoms with Crippen molar-refractivity contribution in [2.75, 3.05) is 26.9 Å². The number of amides is 1. The third-order valence-corrected chi connectivity index (χ3v) is 6.28. The molecule has 208 valence electrons. The SMILES string of the molecule is CCOc1cc(C(Cc2ccc(C(=N)N)cc2)c2nn(-c3ccccc3C(N)=O)c(=O)[nH]2)ccc1OCCOC. The second-order valence-electron chi connectivity index (χ2n) is 8.96. The van der Waals surface area contributed by atoms with Gasteiger partial charge in [0.1, 0.15) is 18.3 Å². The number of primary amides is 1. The summed E-state index contributed by atoms with van der Waals surface area (Å²) in [6.45, 7) is 3.10. The maximum Gasteiger partial charge on any atom is 0.348 e. The van der Waals surface area contributed by atoms with Crippen molar-refractivity contribution in [1.29, 1.82) is 5.41 Å². The predicted octanol–water partition coefficient (Wildman–Crippen LogP) is 2.74. The molecule has 4 aromatic rings. The van der Waals surface area contributed by atoms with Crippen molar-refractivity contribution in [3.63, 3.8) is 0 Å². The van der Waals surface area contributed by atoms with Gasteiger partial charge in [-0.2, -0.15) is 4.68 Å². The molecular formula is C29H32N6O5. The van der Waals surface area contributed by atoms with Gasteiger partial charge in [-0.25, -0.2) is 4.79 Å². The molecule has 40 heavy (non-hydrogen) atoms. The van der Waals surface area contributed by atoms with Crippen LogP contribution in [0.25, 0.3) is 5.69 Å². The number of aromatic amines is 1. The lowest BCUT2D eigenvalue weighted by atomic mass is 9.90. The predicted molar refractivity (Wildman–Crippen MR) is 151 cm³/mol. The lowest BCUT2D eigenvalue weighted by molar-refractivity contribution is 0.1000. The highest BCUT2D eigenvalue weighted by Gasteiger charge is 2.24. The Morgan fingerprint density at radius 1 is 1.02 bits per heavy atom. The van der Waals surface area contributed by atoms with Gasteiger partial charge in [-0.15, -0.1) is 5.10 Å². The summed E-state index contributed by atoms with van der Waals surface area (Å²) in [5.74, 6) is 0.403. The molecular weight excluding hydrogens is 512 g/mol. The van der Waals surface area contributed by atoms with Gasteiger partial charge < -0.3 is 25.7 Å². The number of benzene rings is 3. The van der Waals surface area contributed by atoms with Crippen LogP contribution in [-0.2, 0) is 11.2 Å². The molecule has 11 nitrogen and oxygen atoms in total. The minimum atomic E-state index is -0.667. The maximum atomic E-state index is 13.1. The molecule has 1 atom stereocenters. The van der Waals surface area contributed by atoms with Gasteiger partial charge in [0.2, 0.25) is 0 Å². The summed E-state index contributed by atoms with van der Waals surface area (Å²) >= 11 is 0. The van der Waals surface area contributed by atoms with Gasteiger partial charge in [-0.05, 0) is 48.7 Å². The van der Waals surface area contributed by atoms with E-state index < -0.39 is 17.5 Å². The number of carbonyl (C=O) groups excluding carboxylic acids is 1. The van der Waals surface area contributed by atoms with E-state index in [2.05, 4.69) is 10.1 Å². The lowest BCUT2D eigenvalue weighted by Crippen LogP contribution is -2.21. The van der Waals surface area contributed by atoms with Gasteiger partial charge in [-0.3, -0.25) is 15.2 Å². The van der Waals surface area contributed by atoms with E-state index in [9.17, 15) is 9.59 Å². The van der Waals surface area contributed by atoms with Gasteiger partial charge in [-0.1, -0.05) is 42.5 Å². The number of para-hydroxylation sites is 1. The Bertz CT molecular complexity index is 1540. The summed E-state index contributed by atoms with van der Waals surface area (Å²) in [5, 5.41) is 12.3. The second-order valence-corrected chi connectivity index (χ2v) is 8.96. The third kappa shape index (κ3) is 6.38. The number of hydrogen-bond donors (Lipinski definition) is 4. The fourth-order valence-corrected chi connectivity index (χ4v) is 4.32. The number of ether oxygens (including phenoxy) is 3. The number of nitrogens with zero attached hydrogens (tertiary/aromatic N) is 2. The highest BCUT2D eigenvalue weighted by molar-refractivity contribution is 5.96. The molecule has 0 spiro atoms. The first-order valence-electron chi connectivity index (χ1n) is 12.7. The van der Waals surface area contributed by atoms with Crippen LogP contribution in [0.15, 0.2) is 71.5 Å². The molecule has 1 unspecified atom stereocenters. The minimum absolute atomic E-state index is 0.0234. The first-order valence-corrected chi connectivity index (χ1v) is 12.7. The molecule has 0 radical (unpaired) electrons. The largest absolute Gasteiger partial charge is 0.490 e. The van der Waals surface area contributed by atoms with E-state index in [1.807, 2.05) is 37.3 Å². The molecule has 0 bridgehead atoms. The zero-order valence-corrected chi connectivity index (χ0v) is 22.3. The first-order chi connectivity index (χ1) is 19.3. The Morgan fingerprint density at radius 3 is 2.45 bits per heavy atom. The van der Waals surface area contributed by atoms with Crippen molar-refractivity contribution in [3.05, 3.63) is 105 Å². The van der Waals surface area contributed by atoms with Crippen LogP contribution in [0.3, 0.4) is 0 Å². The average Bonchev–Trinajstić information content (AvgIpc) is 3.34. The molecule has 3 aromatic carbocycles. The zero-order chi connectivity index (χ0) is 28.6. The van der Waals surface area contributed by atoms with Gasteiger partial charge in [0, 0.05) is 18.6 Å². The van der Waals surface area contributed by atoms with Crippen LogP contribution >= 0.6 is 0 Å². The number of aromatic nitrogens is 3. The quantitative estimate of drug-likeness (QED) is 0.114. The van der Waals surface area contributed by atoms with Crippen LogP contribution in [0.5, 0.6) is 11.5 Å². The minimum Gasteiger partial charge on any atom is -0.490 e. The molecule has 0 aliphatic rings. The van der Waals surface area contributed by atoms with Crippen LogP contribution in [0.4, 0.5) is 0 Å². The van der Waals surface area contributed by atoms with Crippen LogP contribution in [0.1, 0.15) is 45.7 Å². The summed E-state index contributed by atoms with van der Waals surface area (Å²) in [6.07, 6.45) is 0.456. The molecule has 1 aromatic heterocycles. The molecule has 11 heteroatoms. The Labute approximate surface area is 231 Å². The van der Waals surface area contributed by atoms with Crippen molar-refractivity contribution in [1.82, 2.24) is 14.8 Å². The highest BCUT2D eigenvalue weighted by atomic mass is 16.5. The van der Waals surface area contributed by atoms with Crippen LogP contribution in [0.2, 0.25) is 0 Å². The standard InChI is InChI=1S/C29H32N6O5/c1-3-39-25-17-20(12-13-24(25)40-15-14-38-2)22(16-18-8-10-19(11-9-18)26(30)31)28-33-29(37)35(34-28)23-7-5-4-6-21(23)27(32)36/h4-13,17,22H,3,14-16H2,1-2H3,(H3,30,31)(H2,32,36)(H,33,34,37). The first kappa shape index (κ1) is 28.1. The maximum absolute atomic E-state index is 13.1. The fraction of sp³-hybridized carbons (Fsp3) is 0.241. The summed E-state index contributed by atoms with van der Waals surface area (Å²) in [6, 6.07) is 19.4. The number of nitrogens with one attached hydrogen (secondary N) is 2. The Hall–Kier alpha value is -4.90. The molecule has 1 amide bonds. The van der Waals surface area contributed by atoms with Gasteiger partial charge >= 0.3 is 5.69 Å². The molecule has 6 N–H and O–H groups in total. The molecule has 4 rings (SSSR count). The van der Waals surface area contributed by atoms with Gasteiger partial charge in [0.15, 0.2) is 11.5 Å². The summed E-state index contributed by atoms with van der Waals surface area (Å²) < 4.78 is 17.9. The Balaban J connectivity index is 1.79. The van der Waals surface area contributed by atoms with Crippen molar-refractivity contribution in [2.24, 2.45) is 11.5 Å². The number of carbonyl (C=O) groups is 1. The van der Waals surface area contributed by atoms with E-state index in [1.165, 1.54) is 0 Å². The number of rotatable bonds is 13. The molecule has 1 heterocycles. The number of nitrogen functional groups attached to an aromatic ring is 1. The smallest absolute Gasteiger partial charge is 0.348 e. The van der Waals surface area contributed by atoms with Crippen molar-refractivity contribution < 1.29 is 19.0 Å². The Kier molecular flexibility index (Phi) is 8.97. The average molecular weight is 545 g/mol. The number of methoxy groups -OCH3 is 1. The monoisotopic (exact) mass is 544 g/mol. The van der Waals surface area contributed by atoms with E-state index in [0.29, 0.717) is 49.1 Å². The molecule has 0 saturated carbocycles. The normalized spacial score (nSPS) is 11.7. The van der Waals surface area contributed by atoms with Crippen LogP contribution in [-0.4, -0.2) is 53.4 Å². The number of nitrogens with two attached hydrogens (primary N) is 2. The summed E-state index contributed by atoms with van der Waals surface area (Å²) in [4.78, 5) is 28.0. The van der Waals surface area contributed by atoms with Gasteiger partial charge in [0.05, 0.1) is 24.5 Å². The van der Waals surface area contributed by atoms with E-state index in [0.717, 1.165) is 15.8 Å². The topological polar surface area (TPSA) is 171 Å². The zero-order valence-electron chi connectivity index (χ0n) is 22.3. The summed E-state index contributed by atoms with van der Waals surface area (Å²) in [7, 11) is 1.60. The lowest BCUT2D eigenvalue weighted by Gasteiger charge is -2.18. The Morgan fingerprint density at radius 2 is 1.77 bits per heavy atom. The number of hydrogen-bond acceptors (Lipinski definition) is 7. The molecule has 0 saturated heterocycles. The number of amidine groups is 1. The fourth-order valence-electron chi connectivity index (χ4n) is 4.32. The summed E-state index contributed by atoms with van der Waals surface area (Å²) in [5.41, 5.74) is 13.5.